The number of rotatable bonds is 5. The van der Waals surface area contributed by atoms with E-state index in [0.717, 1.165) is 36.9 Å². The quantitative estimate of drug-likeness (QED) is 0.413. The van der Waals surface area contributed by atoms with Crippen molar-refractivity contribution < 1.29 is 28.6 Å². The zero-order chi connectivity index (χ0) is 29.4. The van der Waals surface area contributed by atoms with Crippen LogP contribution in [0.25, 0.3) is 11.8 Å². The summed E-state index contributed by atoms with van der Waals surface area (Å²) in [6, 6.07) is 4.84. The largest absolute Gasteiger partial charge is 0.447 e. The minimum Gasteiger partial charge on any atom is -0.447 e. The molecule has 5 aliphatic rings. The number of ether oxygens (including phenoxy) is 2. The Balaban J connectivity index is 1.22. The minimum atomic E-state index is -1.51. The van der Waals surface area contributed by atoms with Crippen LogP contribution in [-0.4, -0.2) is 50.1 Å². The number of fused-ring (bicyclic) bond motifs is 6. The maximum Gasteiger partial charge on any atom is 0.352 e. The van der Waals surface area contributed by atoms with E-state index in [1.807, 2.05) is 19.2 Å². The molecule has 5 aliphatic carbocycles. The van der Waals surface area contributed by atoms with Crippen molar-refractivity contribution in [3.63, 3.8) is 0 Å². The molecular formula is C32H35FN4O5. The van der Waals surface area contributed by atoms with Crippen LogP contribution in [0.3, 0.4) is 0 Å². The molecule has 0 bridgehead atoms. The first-order valence-electron chi connectivity index (χ1n) is 15.0. The molecule has 0 spiro atoms. The Kier molecular flexibility index (Phi) is 6.14. The van der Waals surface area contributed by atoms with Crippen molar-refractivity contribution in [2.45, 2.75) is 76.9 Å². The minimum absolute atomic E-state index is 0.0420. The summed E-state index contributed by atoms with van der Waals surface area (Å²) < 4.78 is 26.7. The monoisotopic (exact) mass is 574 g/mol. The number of aliphatic hydroxyl groups is 1. The molecular weight excluding hydrogens is 539 g/mol. The van der Waals surface area contributed by atoms with E-state index in [1.54, 1.807) is 10.7 Å². The zero-order valence-corrected chi connectivity index (χ0v) is 23.9. The lowest BCUT2D eigenvalue weighted by Crippen LogP contribution is -2.63. The van der Waals surface area contributed by atoms with Crippen molar-refractivity contribution in [3.05, 3.63) is 47.3 Å². The zero-order valence-electron chi connectivity index (χ0n) is 23.9. The fraction of sp³-hybridized carbons (Fsp3) is 0.594. The number of aromatic nitrogens is 3. The van der Waals surface area contributed by atoms with E-state index in [-0.39, 0.29) is 35.1 Å². The van der Waals surface area contributed by atoms with E-state index >= 15 is 0 Å². The molecule has 10 heteroatoms. The van der Waals surface area contributed by atoms with Gasteiger partial charge >= 0.3 is 11.9 Å². The van der Waals surface area contributed by atoms with Crippen LogP contribution < -0.4 is 0 Å². The average molecular weight is 575 g/mol. The molecule has 1 N–H and O–H groups in total. The number of carbonyl (C=O) groups is 2. The molecule has 0 amide bonds. The number of halogens is 1. The molecule has 0 aliphatic heterocycles. The van der Waals surface area contributed by atoms with Crippen LogP contribution in [0.4, 0.5) is 4.39 Å². The predicted molar refractivity (Wildman–Crippen MR) is 147 cm³/mol. The van der Waals surface area contributed by atoms with Crippen molar-refractivity contribution in [3.8, 4) is 11.8 Å². The molecule has 220 valence electrons. The third kappa shape index (κ3) is 3.82. The van der Waals surface area contributed by atoms with E-state index in [4.69, 9.17) is 14.7 Å². The van der Waals surface area contributed by atoms with Crippen LogP contribution in [-0.2, 0) is 25.5 Å². The van der Waals surface area contributed by atoms with Crippen LogP contribution in [0.1, 0.15) is 70.1 Å². The third-order valence-corrected chi connectivity index (χ3v) is 11.3. The van der Waals surface area contributed by atoms with Gasteiger partial charge in [0.2, 0.25) is 11.5 Å². The van der Waals surface area contributed by atoms with Gasteiger partial charge in [-0.15, -0.1) is 0 Å². The number of esters is 2. The first-order chi connectivity index (χ1) is 20.1. The highest BCUT2D eigenvalue weighted by atomic mass is 19.1. The second kappa shape index (κ2) is 9.46. The van der Waals surface area contributed by atoms with Crippen molar-refractivity contribution in [2.24, 2.45) is 34.5 Å². The van der Waals surface area contributed by atoms with E-state index < -0.39 is 35.6 Å². The van der Waals surface area contributed by atoms with Gasteiger partial charge in [0, 0.05) is 5.41 Å². The lowest BCUT2D eigenvalue weighted by molar-refractivity contribution is -0.214. The molecule has 0 saturated heterocycles. The van der Waals surface area contributed by atoms with Crippen LogP contribution >= 0.6 is 0 Å². The maximum absolute atomic E-state index is 13.6. The van der Waals surface area contributed by atoms with Crippen LogP contribution in [0.2, 0.25) is 0 Å². The van der Waals surface area contributed by atoms with Gasteiger partial charge in [-0.3, -0.25) is 4.79 Å². The van der Waals surface area contributed by atoms with Gasteiger partial charge in [0.05, 0.1) is 35.8 Å². The third-order valence-electron chi connectivity index (χ3n) is 11.3. The highest BCUT2D eigenvalue weighted by Crippen LogP contribution is 2.68. The van der Waals surface area contributed by atoms with E-state index in [2.05, 4.69) is 23.1 Å². The Bertz CT molecular complexity index is 1530. The number of allylic oxidation sites excluding steroid dienone is 1. The smallest absolute Gasteiger partial charge is 0.352 e. The van der Waals surface area contributed by atoms with Gasteiger partial charge in [0.25, 0.3) is 0 Å². The predicted octanol–water partition coefficient (Wildman–Crippen LogP) is 4.32. The van der Waals surface area contributed by atoms with E-state index in [1.165, 1.54) is 17.8 Å². The summed E-state index contributed by atoms with van der Waals surface area (Å²) in [7, 11) is 0. The summed E-state index contributed by atoms with van der Waals surface area (Å²) >= 11 is 0. The Labute approximate surface area is 243 Å². The first-order valence-corrected chi connectivity index (χ1v) is 15.0. The molecule has 4 fully saturated rings. The van der Waals surface area contributed by atoms with Crippen LogP contribution in [0, 0.1) is 51.8 Å². The van der Waals surface area contributed by atoms with Gasteiger partial charge in [0.1, 0.15) is 6.07 Å². The van der Waals surface area contributed by atoms with Gasteiger partial charge in [-0.2, -0.15) is 14.8 Å². The molecule has 4 saturated carbocycles. The summed E-state index contributed by atoms with van der Waals surface area (Å²) in [5, 5.41) is 25.7. The summed E-state index contributed by atoms with van der Waals surface area (Å²) in [5.74, 6) is -1.68. The Morgan fingerprint density at radius 2 is 2.02 bits per heavy atom. The Morgan fingerprint density at radius 1 is 1.21 bits per heavy atom. The van der Waals surface area contributed by atoms with Gasteiger partial charge in [0.15, 0.2) is 6.61 Å². The Morgan fingerprint density at radius 3 is 2.74 bits per heavy atom. The summed E-state index contributed by atoms with van der Waals surface area (Å²) in [6.45, 7) is 3.80. The average Bonchev–Trinajstić information content (AvgIpc) is 3.68. The van der Waals surface area contributed by atoms with Gasteiger partial charge < -0.3 is 14.6 Å². The topological polar surface area (TPSA) is 127 Å². The number of nitrogens with zero attached hydrogens (tertiary/aromatic N) is 4. The van der Waals surface area contributed by atoms with Crippen LogP contribution in [0.15, 0.2) is 30.1 Å². The van der Waals surface area contributed by atoms with Crippen molar-refractivity contribution in [1.29, 1.82) is 5.26 Å². The maximum atomic E-state index is 13.6. The SMILES string of the molecule is C[C@]12Cc3cnn(-c4ccc(F)nc4)c3C=C1CC[C@@H]1[C@@H]2[C@@H](O)C[C@@]2(C)[C@H]1CC[C@]2(OC(=O)C1CC1)C(=O)OCC#N. The highest BCUT2D eigenvalue weighted by Gasteiger charge is 2.71. The molecule has 2 aromatic heterocycles. The summed E-state index contributed by atoms with van der Waals surface area (Å²) in [4.78, 5) is 30.4. The molecule has 42 heavy (non-hydrogen) atoms. The number of aliphatic hydroxyl groups excluding tert-OH is 1. The van der Waals surface area contributed by atoms with Crippen molar-refractivity contribution >= 4 is 18.0 Å². The van der Waals surface area contributed by atoms with Gasteiger partial charge in [-0.1, -0.05) is 19.4 Å². The fourth-order valence-electron chi connectivity index (χ4n) is 9.20. The molecule has 7 rings (SSSR count). The normalized spacial score (nSPS) is 36.4. The number of carbonyl (C=O) groups excluding carboxylic acids is 2. The first kappa shape index (κ1) is 27.3. The van der Waals surface area contributed by atoms with E-state index in [0.29, 0.717) is 31.4 Å². The molecule has 2 heterocycles. The van der Waals surface area contributed by atoms with E-state index in [9.17, 15) is 19.1 Å². The number of pyridine rings is 1. The van der Waals surface area contributed by atoms with Crippen molar-refractivity contribution in [2.75, 3.05) is 6.61 Å². The highest BCUT2D eigenvalue weighted by molar-refractivity contribution is 5.86. The van der Waals surface area contributed by atoms with Gasteiger partial charge in [-0.05, 0) is 98.3 Å². The Hall–Kier alpha value is -3.58. The molecule has 0 aromatic carbocycles. The fourth-order valence-corrected chi connectivity index (χ4v) is 9.20. The molecule has 2 aromatic rings. The number of hydrogen-bond acceptors (Lipinski definition) is 8. The lowest BCUT2D eigenvalue weighted by atomic mass is 9.45. The standard InChI is InChI=1S/C32H35FN4O5/c1-30-14-19-16-36-37(21-6-8-26(33)35-17-21)24(19)13-20(30)5-7-22-23-9-10-32(29(40)41-12-11-34,42-28(39)18-3-4-18)31(23,2)15-25(38)27(22)30/h6,8,13,16-18,22-23,25,27,38H,3-5,7,9-10,12,14-15H2,1-2H3/t22-,23-,25-,27+,30-,31-,32-/m0/s1. The molecule has 7 atom stereocenters. The van der Waals surface area contributed by atoms with Crippen molar-refractivity contribution in [1.82, 2.24) is 14.8 Å². The number of nitriles is 1. The summed E-state index contributed by atoms with van der Waals surface area (Å²) in [6.07, 6.45) is 9.95. The van der Waals surface area contributed by atoms with Crippen LogP contribution in [0.5, 0.6) is 0 Å². The molecule has 9 nitrogen and oxygen atoms in total. The lowest BCUT2D eigenvalue weighted by Gasteiger charge is -2.60. The molecule has 0 radical (unpaired) electrons. The number of hydrogen-bond donors (Lipinski definition) is 1. The second-order valence-corrected chi connectivity index (χ2v) is 13.4. The second-order valence-electron chi connectivity index (χ2n) is 13.4. The summed E-state index contributed by atoms with van der Waals surface area (Å²) in [5.41, 5.74) is 1.31. The molecule has 0 unspecified atom stereocenters. The van der Waals surface area contributed by atoms with Gasteiger partial charge in [-0.25, -0.2) is 14.5 Å².